The first-order chi connectivity index (χ1) is 17.7. The maximum atomic E-state index is 11.8. The molecule has 0 aliphatic rings. The van der Waals surface area contributed by atoms with Gasteiger partial charge in [0.15, 0.2) is 0 Å². The third kappa shape index (κ3) is 25.1. The van der Waals surface area contributed by atoms with E-state index in [1.807, 2.05) is 0 Å². The molecule has 1 N–H and O–H groups in total. The van der Waals surface area contributed by atoms with Gasteiger partial charge in [-0.3, -0.25) is 4.79 Å². The molecule has 0 aliphatic carbocycles. The standard InChI is InChI=1S/C34H68O2/c1-4-7-9-10-11-12-13-14-15-16-17-18-19-20-21-22-23-24-25-27-30-33(34(35)36)31-32(28-6-3)29-26-8-5-2/h32-33H,4-31H2,1-3H3,(H,35,36). The maximum absolute atomic E-state index is 11.8. The molecule has 0 radical (unpaired) electrons. The van der Waals surface area contributed by atoms with E-state index in [0.717, 1.165) is 19.3 Å². The fraction of sp³-hybridized carbons (Fsp3) is 0.971. The molecule has 0 rings (SSSR count). The van der Waals surface area contributed by atoms with Crippen LogP contribution in [0.4, 0.5) is 0 Å². The van der Waals surface area contributed by atoms with Gasteiger partial charge in [-0.2, -0.15) is 0 Å². The van der Waals surface area contributed by atoms with E-state index in [1.54, 1.807) is 0 Å². The average molecular weight is 509 g/mol. The van der Waals surface area contributed by atoms with Crippen LogP contribution in [0.3, 0.4) is 0 Å². The van der Waals surface area contributed by atoms with E-state index in [4.69, 9.17) is 0 Å². The number of carboxylic acid groups (broad SMARTS) is 1. The second kappa shape index (κ2) is 29.0. The summed E-state index contributed by atoms with van der Waals surface area (Å²) < 4.78 is 0. The summed E-state index contributed by atoms with van der Waals surface area (Å²) in [6, 6.07) is 0. The monoisotopic (exact) mass is 509 g/mol. The molecule has 2 unspecified atom stereocenters. The Kier molecular flexibility index (Phi) is 28.6. The van der Waals surface area contributed by atoms with Crippen LogP contribution >= 0.6 is 0 Å². The summed E-state index contributed by atoms with van der Waals surface area (Å²) in [5.41, 5.74) is 0. The molecule has 0 aliphatic heterocycles. The minimum absolute atomic E-state index is 0.112. The molecule has 0 aromatic rings. The van der Waals surface area contributed by atoms with Gasteiger partial charge < -0.3 is 5.11 Å². The fourth-order valence-corrected chi connectivity index (χ4v) is 5.86. The zero-order chi connectivity index (χ0) is 26.5. The molecule has 0 aromatic heterocycles. The molecular formula is C34H68O2. The normalized spacial score (nSPS) is 13.2. The Balaban J connectivity index is 3.52. The number of aliphatic carboxylic acids is 1. The van der Waals surface area contributed by atoms with Gasteiger partial charge in [0.05, 0.1) is 5.92 Å². The summed E-state index contributed by atoms with van der Waals surface area (Å²) in [7, 11) is 0. The minimum Gasteiger partial charge on any atom is -0.481 e. The van der Waals surface area contributed by atoms with Crippen LogP contribution in [0.2, 0.25) is 0 Å². The van der Waals surface area contributed by atoms with Crippen molar-refractivity contribution in [1.82, 2.24) is 0 Å². The Bertz CT molecular complexity index is 433. The summed E-state index contributed by atoms with van der Waals surface area (Å²) in [6.07, 6.45) is 37.1. The predicted molar refractivity (Wildman–Crippen MR) is 161 cm³/mol. The van der Waals surface area contributed by atoms with Crippen molar-refractivity contribution < 1.29 is 9.90 Å². The molecule has 216 valence electrons. The Labute approximate surface area is 228 Å². The van der Waals surface area contributed by atoms with E-state index in [-0.39, 0.29) is 5.92 Å². The summed E-state index contributed by atoms with van der Waals surface area (Å²) in [4.78, 5) is 11.8. The lowest BCUT2D eigenvalue weighted by atomic mass is 9.85. The zero-order valence-corrected chi connectivity index (χ0v) is 25.3. The van der Waals surface area contributed by atoms with Crippen molar-refractivity contribution in [3.63, 3.8) is 0 Å². The van der Waals surface area contributed by atoms with E-state index in [1.165, 1.54) is 161 Å². The number of carboxylic acids is 1. The summed E-state index contributed by atoms with van der Waals surface area (Å²) >= 11 is 0. The lowest BCUT2D eigenvalue weighted by Gasteiger charge is -2.21. The largest absolute Gasteiger partial charge is 0.481 e. The lowest BCUT2D eigenvalue weighted by molar-refractivity contribution is -0.142. The van der Waals surface area contributed by atoms with Crippen LogP contribution in [0.5, 0.6) is 0 Å². The van der Waals surface area contributed by atoms with Crippen molar-refractivity contribution in [2.45, 2.75) is 201 Å². The highest BCUT2D eigenvalue weighted by Gasteiger charge is 2.21. The Morgan fingerprint density at radius 3 is 1.14 bits per heavy atom. The topological polar surface area (TPSA) is 37.3 Å². The van der Waals surface area contributed by atoms with E-state index in [2.05, 4.69) is 20.8 Å². The van der Waals surface area contributed by atoms with Crippen molar-refractivity contribution in [1.29, 1.82) is 0 Å². The highest BCUT2D eigenvalue weighted by molar-refractivity contribution is 5.69. The molecule has 2 atom stereocenters. The van der Waals surface area contributed by atoms with Gasteiger partial charge in [-0.15, -0.1) is 0 Å². The predicted octanol–water partition coefficient (Wildman–Crippen LogP) is 12.3. The smallest absolute Gasteiger partial charge is 0.306 e. The second-order valence-electron chi connectivity index (χ2n) is 11.9. The highest BCUT2D eigenvalue weighted by Crippen LogP contribution is 2.27. The van der Waals surface area contributed by atoms with Crippen molar-refractivity contribution in [2.75, 3.05) is 0 Å². The molecule has 2 nitrogen and oxygen atoms in total. The fourth-order valence-electron chi connectivity index (χ4n) is 5.86. The minimum atomic E-state index is -0.551. The molecule has 0 heterocycles. The Morgan fingerprint density at radius 2 is 0.778 bits per heavy atom. The number of carbonyl (C=O) groups is 1. The third-order valence-electron chi connectivity index (χ3n) is 8.29. The second-order valence-corrected chi connectivity index (χ2v) is 11.9. The van der Waals surface area contributed by atoms with Gasteiger partial charge in [0.1, 0.15) is 0 Å². The van der Waals surface area contributed by atoms with Crippen LogP contribution in [0, 0.1) is 11.8 Å². The van der Waals surface area contributed by atoms with E-state index >= 15 is 0 Å². The van der Waals surface area contributed by atoms with Crippen molar-refractivity contribution in [3.05, 3.63) is 0 Å². The first kappa shape index (κ1) is 35.5. The third-order valence-corrected chi connectivity index (χ3v) is 8.29. The van der Waals surface area contributed by atoms with Crippen LogP contribution in [0.25, 0.3) is 0 Å². The molecule has 0 bridgehead atoms. The van der Waals surface area contributed by atoms with Crippen molar-refractivity contribution >= 4 is 5.97 Å². The first-order valence-corrected chi connectivity index (χ1v) is 16.9. The molecule has 0 aromatic carbocycles. The maximum Gasteiger partial charge on any atom is 0.306 e. The molecular weight excluding hydrogens is 440 g/mol. The SMILES string of the molecule is CCCCCCCCCCCCCCCCCCCCCCC(CC(CCC)CCCCC)C(=O)O. The molecule has 0 amide bonds. The number of rotatable bonds is 30. The summed E-state index contributed by atoms with van der Waals surface area (Å²) in [5, 5.41) is 9.72. The lowest BCUT2D eigenvalue weighted by Crippen LogP contribution is -2.18. The van der Waals surface area contributed by atoms with Gasteiger partial charge in [0, 0.05) is 0 Å². The van der Waals surface area contributed by atoms with E-state index in [9.17, 15) is 9.90 Å². The highest BCUT2D eigenvalue weighted by atomic mass is 16.4. The van der Waals surface area contributed by atoms with Gasteiger partial charge in [-0.25, -0.2) is 0 Å². The molecule has 0 fully saturated rings. The van der Waals surface area contributed by atoms with Crippen LogP contribution in [-0.4, -0.2) is 11.1 Å². The van der Waals surface area contributed by atoms with Crippen LogP contribution in [0.1, 0.15) is 201 Å². The summed E-state index contributed by atoms with van der Waals surface area (Å²) in [5.74, 6) is -0.0455. The summed E-state index contributed by atoms with van der Waals surface area (Å²) in [6.45, 7) is 6.78. The van der Waals surface area contributed by atoms with Crippen molar-refractivity contribution in [3.8, 4) is 0 Å². The quantitative estimate of drug-likeness (QED) is 0.0979. The zero-order valence-electron chi connectivity index (χ0n) is 25.3. The molecule has 0 saturated heterocycles. The van der Waals surface area contributed by atoms with Crippen molar-refractivity contribution in [2.24, 2.45) is 11.8 Å². The van der Waals surface area contributed by atoms with Gasteiger partial charge in [-0.1, -0.05) is 188 Å². The number of unbranched alkanes of at least 4 members (excludes halogenated alkanes) is 21. The molecule has 36 heavy (non-hydrogen) atoms. The van der Waals surface area contributed by atoms with Gasteiger partial charge in [-0.05, 0) is 18.8 Å². The van der Waals surface area contributed by atoms with E-state index < -0.39 is 5.97 Å². The first-order valence-electron chi connectivity index (χ1n) is 16.9. The Morgan fingerprint density at radius 1 is 0.444 bits per heavy atom. The average Bonchev–Trinajstić information content (AvgIpc) is 2.86. The van der Waals surface area contributed by atoms with Crippen LogP contribution in [-0.2, 0) is 4.79 Å². The number of hydrogen-bond donors (Lipinski definition) is 1. The molecule has 2 heteroatoms. The number of hydrogen-bond acceptors (Lipinski definition) is 1. The van der Waals surface area contributed by atoms with E-state index in [0.29, 0.717) is 5.92 Å². The van der Waals surface area contributed by atoms with Gasteiger partial charge >= 0.3 is 5.97 Å². The van der Waals surface area contributed by atoms with Crippen LogP contribution < -0.4 is 0 Å². The molecule has 0 spiro atoms. The van der Waals surface area contributed by atoms with Crippen LogP contribution in [0.15, 0.2) is 0 Å². The Hall–Kier alpha value is -0.530. The van der Waals surface area contributed by atoms with Gasteiger partial charge in [0.25, 0.3) is 0 Å². The molecule has 0 saturated carbocycles. The van der Waals surface area contributed by atoms with Gasteiger partial charge in [0.2, 0.25) is 0 Å².